The van der Waals surface area contributed by atoms with Crippen LogP contribution in [0, 0.1) is 17.8 Å². The number of alkyl halides is 4. The number of hydrogen-bond donors (Lipinski definition) is 2. The summed E-state index contributed by atoms with van der Waals surface area (Å²) >= 11 is 0. The molecular formula is C23H29F4N3O2. The van der Waals surface area contributed by atoms with Crippen molar-refractivity contribution in [3.05, 3.63) is 40.4 Å². The van der Waals surface area contributed by atoms with E-state index in [2.05, 4.69) is 15.3 Å². The van der Waals surface area contributed by atoms with Gasteiger partial charge < -0.3 is 10.3 Å². The van der Waals surface area contributed by atoms with Gasteiger partial charge in [-0.1, -0.05) is 6.92 Å². The fraction of sp³-hybridized carbons (Fsp3) is 0.609. The predicted molar refractivity (Wildman–Crippen MR) is 114 cm³/mol. The third-order valence-electron chi connectivity index (χ3n) is 6.77. The number of aromatic amines is 1. The highest BCUT2D eigenvalue weighted by atomic mass is 19.3. The topological polar surface area (TPSA) is 74.8 Å². The first-order chi connectivity index (χ1) is 15.0. The zero-order valence-electron chi connectivity index (χ0n) is 18.3. The van der Waals surface area contributed by atoms with Crippen LogP contribution in [0.15, 0.2) is 29.3 Å². The largest absolute Gasteiger partial charge is 0.361 e. The van der Waals surface area contributed by atoms with Crippen LogP contribution in [0.5, 0.6) is 0 Å². The molecule has 0 bridgehead atoms. The Bertz CT molecular complexity index is 993. The van der Waals surface area contributed by atoms with E-state index in [1.807, 2.05) is 0 Å². The minimum absolute atomic E-state index is 0.0442. The summed E-state index contributed by atoms with van der Waals surface area (Å²) in [5.41, 5.74) is 0.545. The standard InChI is InChI=1S/C13H20F4.C10H9N3O2/c1-9-2-3-11(8-13(9,16)17)10-4-6-12(14,15)7-5-10;1-11-10(15)9-8-6(2-4-13-9)12-5-3-7(8)14/h9-11H,2-8H2,1H3;2-5H,1H3,(H,11,15)(H,12,14)/t9-,11?;/m1./s1. The average Bonchev–Trinajstić information content (AvgIpc) is 2.75. The maximum absolute atomic E-state index is 13.6. The summed E-state index contributed by atoms with van der Waals surface area (Å²) in [5, 5.41) is 2.77. The fourth-order valence-corrected chi connectivity index (χ4v) is 4.68. The van der Waals surface area contributed by atoms with Crippen molar-refractivity contribution in [3.63, 3.8) is 0 Å². The number of amides is 1. The molecule has 2 N–H and O–H groups in total. The van der Waals surface area contributed by atoms with Gasteiger partial charge in [-0.3, -0.25) is 14.6 Å². The van der Waals surface area contributed by atoms with E-state index in [1.54, 1.807) is 13.0 Å². The van der Waals surface area contributed by atoms with Crippen molar-refractivity contribution >= 4 is 16.8 Å². The third-order valence-corrected chi connectivity index (χ3v) is 6.77. The van der Waals surface area contributed by atoms with Crippen LogP contribution in [0.4, 0.5) is 17.6 Å². The minimum atomic E-state index is -2.59. The Morgan fingerprint density at radius 3 is 2.41 bits per heavy atom. The summed E-state index contributed by atoms with van der Waals surface area (Å²) in [6.07, 6.45) is 4.86. The first-order valence-corrected chi connectivity index (χ1v) is 11.0. The van der Waals surface area contributed by atoms with E-state index >= 15 is 0 Å². The number of fused-ring (bicyclic) bond motifs is 1. The van der Waals surface area contributed by atoms with E-state index in [4.69, 9.17) is 0 Å². The molecule has 32 heavy (non-hydrogen) atoms. The fourth-order valence-electron chi connectivity index (χ4n) is 4.68. The SMILES string of the molecule is CNC(=O)c1nccc2[nH]ccc(=O)c12.C[C@@H]1CCC(C2CCC(F)(F)CC2)CC1(F)F. The van der Waals surface area contributed by atoms with Gasteiger partial charge >= 0.3 is 0 Å². The summed E-state index contributed by atoms with van der Waals surface area (Å²) in [5.74, 6) is -6.02. The van der Waals surface area contributed by atoms with Crippen LogP contribution < -0.4 is 10.7 Å². The number of hydrogen-bond acceptors (Lipinski definition) is 3. The molecule has 2 atom stereocenters. The second-order valence-electron chi connectivity index (χ2n) is 8.90. The highest BCUT2D eigenvalue weighted by Gasteiger charge is 2.46. The molecule has 0 aliphatic heterocycles. The molecule has 0 saturated heterocycles. The molecule has 2 saturated carbocycles. The van der Waals surface area contributed by atoms with Gasteiger partial charge in [0, 0.05) is 50.7 Å². The summed E-state index contributed by atoms with van der Waals surface area (Å²) in [4.78, 5) is 29.8. The molecule has 5 nitrogen and oxygen atoms in total. The maximum atomic E-state index is 13.6. The lowest BCUT2D eigenvalue weighted by Gasteiger charge is -2.40. The monoisotopic (exact) mass is 455 g/mol. The third kappa shape index (κ3) is 5.48. The highest BCUT2D eigenvalue weighted by Crippen LogP contribution is 2.48. The lowest BCUT2D eigenvalue weighted by Crippen LogP contribution is -2.38. The van der Waals surface area contributed by atoms with E-state index in [9.17, 15) is 27.2 Å². The van der Waals surface area contributed by atoms with Gasteiger partial charge in [0.15, 0.2) is 5.43 Å². The van der Waals surface area contributed by atoms with Crippen LogP contribution in [0.2, 0.25) is 0 Å². The van der Waals surface area contributed by atoms with E-state index in [-0.39, 0.29) is 48.1 Å². The van der Waals surface area contributed by atoms with Crippen molar-refractivity contribution in [2.75, 3.05) is 7.05 Å². The number of H-pyrrole nitrogens is 1. The van der Waals surface area contributed by atoms with Crippen LogP contribution in [0.3, 0.4) is 0 Å². The van der Waals surface area contributed by atoms with Crippen LogP contribution in [0.25, 0.3) is 10.9 Å². The first kappa shape index (κ1) is 24.2. The molecule has 4 rings (SSSR count). The highest BCUT2D eigenvalue weighted by molar-refractivity contribution is 6.03. The van der Waals surface area contributed by atoms with Gasteiger partial charge in [-0.15, -0.1) is 0 Å². The van der Waals surface area contributed by atoms with Gasteiger partial charge in [0.2, 0.25) is 5.92 Å². The van der Waals surface area contributed by atoms with Crippen molar-refractivity contribution in [3.8, 4) is 0 Å². The predicted octanol–water partition coefficient (Wildman–Crippen LogP) is 5.17. The molecule has 2 aliphatic carbocycles. The summed E-state index contributed by atoms with van der Waals surface area (Å²) in [6, 6.07) is 3.03. The van der Waals surface area contributed by atoms with Crippen molar-refractivity contribution in [1.29, 1.82) is 0 Å². The number of carbonyl (C=O) groups is 1. The van der Waals surface area contributed by atoms with E-state index in [0.717, 1.165) is 6.42 Å². The van der Waals surface area contributed by atoms with E-state index in [1.165, 1.54) is 25.5 Å². The molecular weight excluding hydrogens is 426 g/mol. The number of rotatable bonds is 2. The van der Waals surface area contributed by atoms with Crippen LogP contribution in [0.1, 0.15) is 62.4 Å². The average molecular weight is 455 g/mol. The van der Waals surface area contributed by atoms with Gasteiger partial charge in [0.25, 0.3) is 11.8 Å². The molecule has 2 aromatic heterocycles. The zero-order valence-corrected chi connectivity index (χ0v) is 18.3. The van der Waals surface area contributed by atoms with Crippen molar-refractivity contribution < 1.29 is 22.4 Å². The smallest absolute Gasteiger partial charge is 0.270 e. The molecule has 0 spiro atoms. The first-order valence-electron chi connectivity index (χ1n) is 11.0. The second-order valence-corrected chi connectivity index (χ2v) is 8.90. The number of pyridine rings is 2. The quantitative estimate of drug-likeness (QED) is 0.614. The molecule has 2 fully saturated rings. The van der Waals surface area contributed by atoms with E-state index in [0.29, 0.717) is 30.2 Å². The molecule has 176 valence electrons. The molecule has 2 heterocycles. The maximum Gasteiger partial charge on any atom is 0.270 e. The Hall–Kier alpha value is -2.45. The Morgan fingerprint density at radius 2 is 1.78 bits per heavy atom. The normalized spacial score (nSPS) is 24.9. The second kappa shape index (κ2) is 9.58. The van der Waals surface area contributed by atoms with Gasteiger partial charge in [-0.25, -0.2) is 17.6 Å². The minimum Gasteiger partial charge on any atom is -0.361 e. The van der Waals surface area contributed by atoms with Crippen molar-refractivity contribution in [2.24, 2.45) is 17.8 Å². The Labute approximate surface area is 184 Å². The van der Waals surface area contributed by atoms with Crippen LogP contribution in [-0.4, -0.2) is 34.8 Å². The number of aromatic nitrogens is 2. The van der Waals surface area contributed by atoms with Gasteiger partial charge in [-0.2, -0.15) is 0 Å². The van der Waals surface area contributed by atoms with E-state index < -0.39 is 17.8 Å². The lowest BCUT2D eigenvalue weighted by atomic mass is 9.69. The molecule has 0 aromatic carbocycles. The summed E-state index contributed by atoms with van der Waals surface area (Å²) in [7, 11) is 1.50. The molecule has 1 amide bonds. The van der Waals surface area contributed by atoms with Crippen molar-refractivity contribution in [1.82, 2.24) is 15.3 Å². The lowest BCUT2D eigenvalue weighted by molar-refractivity contribution is -0.114. The van der Waals surface area contributed by atoms with Crippen LogP contribution >= 0.6 is 0 Å². The Kier molecular flexibility index (Phi) is 7.25. The number of nitrogens with zero attached hydrogens (tertiary/aromatic N) is 1. The molecule has 1 unspecified atom stereocenters. The zero-order chi connectivity index (χ0) is 23.5. The van der Waals surface area contributed by atoms with Gasteiger partial charge in [-0.05, 0) is 43.6 Å². The summed E-state index contributed by atoms with van der Waals surface area (Å²) < 4.78 is 53.2. The molecule has 2 aliphatic rings. The van der Waals surface area contributed by atoms with Gasteiger partial charge in [0.1, 0.15) is 5.69 Å². The summed E-state index contributed by atoms with van der Waals surface area (Å²) in [6.45, 7) is 1.59. The number of carbonyl (C=O) groups excluding carboxylic acids is 1. The molecule has 2 aromatic rings. The molecule has 0 radical (unpaired) electrons. The Morgan fingerprint density at radius 1 is 1.09 bits per heavy atom. The number of nitrogens with one attached hydrogen (secondary N) is 2. The molecule has 9 heteroatoms. The Balaban J connectivity index is 0.000000182. The van der Waals surface area contributed by atoms with Gasteiger partial charge in [0.05, 0.1) is 10.9 Å². The van der Waals surface area contributed by atoms with Crippen molar-refractivity contribution in [2.45, 2.75) is 63.7 Å². The number of halogens is 4. The van der Waals surface area contributed by atoms with Crippen LogP contribution in [-0.2, 0) is 0 Å².